The van der Waals surface area contributed by atoms with E-state index in [1.165, 1.54) is 27.4 Å². The summed E-state index contributed by atoms with van der Waals surface area (Å²) in [7, 11) is 4.41. The number of amides is 4. The SMILES string of the molecule is CCc1ccc(N2C(=O)NC(=O)/C(=C/c3cc(OC)c(OC)c(OC)c3)C2=O)cc1. The maximum atomic E-state index is 13.0. The molecule has 0 aromatic heterocycles. The first-order valence-corrected chi connectivity index (χ1v) is 9.23. The normalized spacial score (nSPS) is 15.3. The molecule has 1 aliphatic heterocycles. The Bertz CT molecular complexity index is 1000. The number of rotatable bonds is 6. The molecule has 3 rings (SSSR count). The smallest absolute Gasteiger partial charge is 0.335 e. The third kappa shape index (κ3) is 3.84. The summed E-state index contributed by atoms with van der Waals surface area (Å²) in [5.74, 6) is -0.373. The van der Waals surface area contributed by atoms with Gasteiger partial charge in [-0.3, -0.25) is 14.9 Å². The Morgan fingerprint density at radius 3 is 2.03 bits per heavy atom. The molecule has 156 valence electrons. The van der Waals surface area contributed by atoms with Gasteiger partial charge in [-0.2, -0.15) is 0 Å². The monoisotopic (exact) mass is 410 g/mol. The molecule has 30 heavy (non-hydrogen) atoms. The molecule has 0 saturated carbocycles. The minimum absolute atomic E-state index is 0.191. The zero-order valence-corrected chi connectivity index (χ0v) is 17.1. The van der Waals surface area contributed by atoms with Crippen LogP contribution in [0.2, 0.25) is 0 Å². The summed E-state index contributed by atoms with van der Waals surface area (Å²) in [5.41, 5.74) is 1.72. The van der Waals surface area contributed by atoms with Crippen LogP contribution < -0.4 is 24.4 Å². The number of aryl methyl sites for hydroxylation is 1. The Labute approximate surface area is 174 Å². The summed E-state index contributed by atoms with van der Waals surface area (Å²) < 4.78 is 15.9. The van der Waals surface area contributed by atoms with E-state index in [2.05, 4.69) is 5.32 Å². The van der Waals surface area contributed by atoms with Crippen molar-refractivity contribution in [3.63, 3.8) is 0 Å². The van der Waals surface area contributed by atoms with Crippen LogP contribution in [0.4, 0.5) is 10.5 Å². The Kier molecular flexibility index (Phi) is 6.06. The molecule has 2 aromatic carbocycles. The van der Waals surface area contributed by atoms with Gasteiger partial charge < -0.3 is 14.2 Å². The molecule has 0 unspecified atom stereocenters. The van der Waals surface area contributed by atoms with Gasteiger partial charge in [0.15, 0.2) is 11.5 Å². The molecule has 8 nitrogen and oxygen atoms in total. The lowest BCUT2D eigenvalue weighted by Crippen LogP contribution is -2.54. The molecule has 0 aliphatic carbocycles. The van der Waals surface area contributed by atoms with Crippen LogP contribution in [0.15, 0.2) is 42.0 Å². The third-order valence-corrected chi connectivity index (χ3v) is 4.70. The first-order valence-electron chi connectivity index (χ1n) is 9.23. The summed E-state index contributed by atoms with van der Waals surface area (Å²) in [6.45, 7) is 2.00. The molecule has 1 saturated heterocycles. The number of carbonyl (C=O) groups is 3. The van der Waals surface area contributed by atoms with Crippen molar-refractivity contribution in [3.05, 3.63) is 53.1 Å². The molecular weight excluding hydrogens is 388 g/mol. The third-order valence-electron chi connectivity index (χ3n) is 4.70. The van der Waals surface area contributed by atoms with Crippen LogP contribution in [0, 0.1) is 0 Å². The van der Waals surface area contributed by atoms with E-state index >= 15 is 0 Å². The summed E-state index contributed by atoms with van der Waals surface area (Å²) in [6.07, 6.45) is 2.20. The molecule has 0 bridgehead atoms. The summed E-state index contributed by atoms with van der Waals surface area (Å²) in [4.78, 5) is 38.7. The van der Waals surface area contributed by atoms with E-state index < -0.39 is 17.8 Å². The van der Waals surface area contributed by atoms with E-state index in [-0.39, 0.29) is 5.57 Å². The van der Waals surface area contributed by atoms with Crippen molar-refractivity contribution >= 4 is 29.6 Å². The van der Waals surface area contributed by atoms with E-state index in [4.69, 9.17) is 14.2 Å². The number of barbiturate groups is 1. The average Bonchev–Trinajstić information content (AvgIpc) is 2.76. The van der Waals surface area contributed by atoms with Crippen molar-refractivity contribution < 1.29 is 28.6 Å². The standard InChI is InChI=1S/C22H22N2O6/c1-5-13-6-8-15(9-7-13)24-21(26)16(20(25)23-22(24)27)10-14-11-17(28-2)19(30-4)18(12-14)29-3/h6-12H,5H2,1-4H3,(H,23,25,27)/b16-10-. The number of ether oxygens (including phenoxy) is 3. The van der Waals surface area contributed by atoms with Gasteiger partial charge in [-0.1, -0.05) is 19.1 Å². The number of hydrogen-bond donors (Lipinski definition) is 1. The van der Waals surface area contributed by atoms with Crippen LogP contribution in [-0.2, 0) is 16.0 Å². The number of nitrogens with zero attached hydrogens (tertiary/aromatic N) is 1. The van der Waals surface area contributed by atoms with Gasteiger partial charge in [-0.05, 0) is 47.9 Å². The summed E-state index contributed by atoms with van der Waals surface area (Å²) in [5, 5.41) is 2.21. The molecule has 1 N–H and O–H groups in total. The Balaban J connectivity index is 2.04. The Morgan fingerprint density at radius 2 is 1.53 bits per heavy atom. The number of carbonyl (C=O) groups excluding carboxylic acids is 3. The number of urea groups is 1. The van der Waals surface area contributed by atoms with Gasteiger partial charge in [-0.15, -0.1) is 0 Å². The highest BCUT2D eigenvalue weighted by Gasteiger charge is 2.36. The van der Waals surface area contributed by atoms with E-state index in [1.807, 2.05) is 19.1 Å². The first-order chi connectivity index (χ1) is 14.4. The highest BCUT2D eigenvalue weighted by Crippen LogP contribution is 2.39. The van der Waals surface area contributed by atoms with Crippen molar-refractivity contribution in [1.82, 2.24) is 5.32 Å². The van der Waals surface area contributed by atoms with Crippen LogP contribution in [-0.4, -0.2) is 39.2 Å². The minimum atomic E-state index is -0.795. The van der Waals surface area contributed by atoms with Crippen LogP contribution in [0.3, 0.4) is 0 Å². The topological polar surface area (TPSA) is 94.2 Å². The summed E-state index contributed by atoms with van der Waals surface area (Å²) >= 11 is 0. The maximum Gasteiger partial charge on any atom is 0.335 e. The minimum Gasteiger partial charge on any atom is -0.493 e. The number of anilines is 1. The van der Waals surface area contributed by atoms with Crippen molar-refractivity contribution in [1.29, 1.82) is 0 Å². The number of methoxy groups -OCH3 is 3. The summed E-state index contributed by atoms with van der Waals surface area (Å²) in [6, 6.07) is 9.41. The Hall–Kier alpha value is -3.81. The van der Waals surface area contributed by atoms with Crippen molar-refractivity contribution in [2.75, 3.05) is 26.2 Å². The molecular formula is C22H22N2O6. The van der Waals surface area contributed by atoms with E-state index in [1.54, 1.807) is 24.3 Å². The Morgan fingerprint density at radius 1 is 0.933 bits per heavy atom. The molecule has 2 aromatic rings. The average molecular weight is 410 g/mol. The highest BCUT2D eigenvalue weighted by molar-refractivity contribution is 6.39. The van der Waals surface area contributed by atoms with Gasteiger partial charge in [0.05, 0.1) is 27.0 Å². The van der Waals surface area contributed by atoms with Crippen LogP contribution >= 0.6 is 0 Å². The molecule has 0 radical (unpaired) electrons. The van der Waals surface area contributed by atoms with Gasteiger partial charge in [0, 0.05) is 0 Å². The number of nitrogens with one attached hydrogen (secondary N) is 1. The largest absolute Gasteiger partial charge is 0.493 e. The zero-order valence-electron chi connectivity index (χ0n) is 17.1. The lowest BCUT2D eigenvalue weighted by Gasteiger charge is -2.26. The van der Waals surface area contributed by atoms with E-state index in [0.29, 0.717) is 28.5 Å². The molecule has 1 aliphatic rings. The second-order valence-electron chi connectivity index (χ2n) is 6.44. The van der Waals surface area contributed by atoms with Crippen molar-refractivity contribution in [2.45, 2.75) is 13.3 Å². The van der Waals surface area contributed by atoms with Crippen molar-refractivity contribution in [3.8, 4) is 17.2 Å². The lowest BCUT2D eigenvalue weighted by atomic mass is 10.1. The number of benzene rings is 2. The molecule has 0 atom stereocenters. The zero-order chi connectivity index (χ0) is 21.8. The van der Waals surface area contributed by atoms with Crippen LogP contribution in [0.1, 0.15) is 18.1 Å². The molecule has 8 heteroatoms. The van der Waals surface area contributed by atoms with Gasteiger partial charge in [-0.25, -0.2) is 9.69 Å². The van der Waals surface area contributed by atoms with Crippen LogP contribution in [0.25, 0.3) is 6.08 Å². The van der Waals surface area contributed by atoms with Gasteiger partial charge in [0.25, 0.3) is 11.8 Å². The molecule has 1 heterocycles. The number of imide groups is 2. The van der Waals surface area contributed by atoms with Crippen molar-refractivity contribution in [2.24, 2.45) is 0 Å². The fourth-order valence-corrected chi connectivity index (χ4v) is 3.12. The second kappa shape index (κ2) is 8.69. The fraction of sp³-hybridized carbons (Fsp3) is 0.227. The first kappa shape index (κ1) is 20.9. The highest BCUT2D eigenvalue weighted by atomic mass is 16.5. The van der Waals surface area contributed by atoms with Crippen LogP contribution in [0.5, 0.6) is 17.2 Å². The maximum absolute atomic E-state index is 13.0. The van der Waals surface area contributed by atoms with Gasteiger partial charge in [0.1, 0.15) is 5.57 Å². The predicted molar refractivity (Wildman–Crippen MR) is 111 cm³/mol. The number of hydrogen-bond acceptors (Lipinski definition) is 6. The molecule has 1 fully saturated rings. The quantitative estimate of drug-likeness (QED) is 0.581. The molecule has 0 spiro atoms. The predicted octanol–water partition coefficient (Wildman–Crippen LogP) is 2.94. The fourth-order valence-electron chi connectivity index (χ4n) is 3.12. The van der Waals surface area contributed by atoms with Gasteiger partial charge in [0.2, 0.25) is 5.75 Å². The van der Waals surface area contributed by atoms with E-state index in [0.717, 1.165) is 16.9 Å². The van der Waals surface area contributed by atoms with Gasteiger partial charge >= 0.3 is 6.03 Å². The lowest BCUT2D eigenvalue weighted by molar-refractivity contribution is -0.122. The molecule has 4 amide bonds. The van der Waals surface area contributed by atoms with E-state index in [9.17, 15) is 14.4 Å². The second-order valence-corrected chi connectivity index (χ2v) is 6.44.